The Morgan fingerprint density at radius 2 is 2.46 bits per heavy atom. The van der Waals surface area contributed by atoms with E-state index in [0.29, 0.717) is 5.92 Å². The third kappa shape index (κ3) is 2.57. The molecule has 1 aliphatic carbocycles. The second kappa shape index (κ2) is 3.94. The molecule has 2 rings (SSSR count). The van der Waals surface area contributed by atoms with Crippen LogP contribution in [0.2, 0.25) is 0 Å². The Morgan fingerprint density at radius 1 is 1.62 bits per heavy atom. The number of rotatable bonds is 5. The molecule has 0 aliphatic heterocycles. The quantitative estimate of drug-likeness (QED) is 0.630. The lowest BCUT2D eigenvalue weighted by molar-refractivity contribution is 0.148. The van der Waals surface area contributed by atoms with Gasteiger partial charge in [-0.05, 0) is 30.4 Å². The summed E-state index contributed by atoms with van der Waals surface area (Å²) in [4.78, 5) is 3.00. The summed E-state index contributed by atoms with van der Waals surface area (Å²) in [5.41, 5.74) is 1.24. The Bertz CT molecular complexity index is 241. The summed E-state index contributed by atoms with van der Waals surface area (Å²) in [6.07, 6.45) is 6.14. The minimum Gasteiger partial charge on any atom is -0.392 e. The molecule has 1 atom stereocenters. The maximum atomic E-state index is 9.55. The van der Waals surface area contributed by atoms with Crippen LogP contribution in [0.15, 0.2) is 18.5 Å². The van der Waals surface area contributed by atoms with Crippen LogP contribution >= 0.6 is 0 Å². The Morgan fingerprint density at radius 3 is 3.08 bits per heavy atom. The topological polar surface area (TPSA) is 48.0 Å². The Hall–Kier alpha value is -0.800. The number of hydrogen-bond donors (Lipinski definition) is 3. The van der Waals surface area contributed by atoms with Gasteiger partial charge in [0, 0.05) is 25.5 Å². The normalized spacial score (nSPS) is 18.8. The maximum Gasteiger partial charge on any atom is 0.0692 e. The highest BCUT2D eigenvalue weighted by Gasteiger charge is 2.28. The van der Waals surface area contributed by atoms with Gasteiger partial charge in [-0.25, -0.2) is 0 Å². The zero-order chi connectivity index (χ0) is 9.10. The Kier molecular flexibility index (Phi) is 2.66. The molecule has 0 bridgehead atoms. The molecular weight excluding hydrogens is 164 g/mol. The molecule has 3 heteroatoms. The van der Waals surface area contributed by atoms with Crippen molar-refractivity contribution in [2.24, 2.45) is 5.92 Å². The van der Waals surface area contributed by atoms with E-state index in [4.69, 9.17) is 0 Å². The van der Waals surface area contributed by atoms with Crippen molar-refractivity contribution in [2.75, 3.05) is 6.54 Å². The summed E-state index contributed by atoms with van der Waals surface area (Å²) in [5.74, 6) is 0.568. The van der Waals surface area contributed by atoms with E-state index in [9.17, 15) is 5.11 Å². The van der Waals surface area contributed by atoms with Crippen molar-refractivity contribution in [2.45, 2.75) is 25.5 Å². The minimum absolute atomic E-state index is 0.140. The molecule has 3 nitrogen and oxygen atoms in total. The van der Waals surface area contributed by atoms with Crippen molar-refractivity contribution >= 4 is 0 Å². The molecule has 0 aromatic carbocycles. The first-order valence-electron chi connectivity index (χ1n) is 4.86. The fourth-order valence-corrected chi connectivity index (χ4v) is 1.48. The molecule has 3 N–H and O–H groups in total. The van der Waals surface area contributed by atoms with Gasteiger partial charge >= 0.3 is 0 Å². The van der Waals surface area contributed by atoms with Crippen LogP contribution in [-0.2, 0) is 6.54 Å². The monoisotopic (exact) mass is 180 g/mol. The van der Waals surface area contributed by atoms with Gasteiger partial charge < -0.3 is 15.4 Å². The standard InChI is InChI=1S/C10H16N2O/c13-10(9-1-2-9)7-12-6-8-3-4-11-5-8/h3-5,9-13H,1-2,6-7H2. The van der Waals surface area contributed by atoms with Gasteiger partial charge in [0.15, 0.2) is 0 Å². The molecule has 0 amide bonds. The first-order valence-corrected chi connectivity index (χ1v) is 4.86. The molecule has 1 unspecified atom stereocenters. The SMILES string of the molecule is OC(CNCc1cc[nH]c1)C1CC1. The number of aliphatic hydroxyl groups excluding tert-OH is 1. The van der Waals surface area contributed by atoms with Crippen LogP contribution < -0.4 is 5.32 Å². The molecule has 1 fully saturated rings. The zero-order valence-electron chi connectivity index (χ0n) is 7.66. The number of aromatic amines is 1. The van der Waals surface area contributed by atoms with Crippen LogP contribution in [0.5, 0.6) is 0 Å². The molecule has 1 heterocycles. The fourth-order valence-electron chi connectivity index (χ4n) is 1.48. The molecule has 0 saturated heterocycles. The van der Waals surface area contributed by atoms with E-state index in [0.717, 1.165) is 13.1 Å². The van der Waals surface area contributed by atoms with Gasteiger partial charge in [0.05, 0.1) is 6.10 Å². The van der Waals surface area contributed by atoms with Crippen molar-refractivity contribution in [3.05, 3.63) is 24.0 Å². The second-order valence-electron chi connectivity index (χ2n) is 3.75. The van der Waals surface area contributed by atoms with Crippen molar-refractivity contribution in [1.82, 2.24) is 10.3 Å². The highest BCUT2D eigenvalue weighted by atomic mass is 16.3. The van der Waals surface area contributed by atoms with Crippen LogP contribution in [0.25, 0.3) is 0 Å². The lowest BCUT2D eigenvalue weighted by Gasteiger charge is -2.09. The number of hydrogen-bond acceptors (Lipinski definition) is 2. The molecule has 0 radical (unpaired) electrons. The summed E-state index contributed by atoms with van der Waals surface area (Å²) < 4.78 is 0. The van der Waals surface area contributed by atoms with Crippen molar-refractivity contribution in [3.63, 3.8) is 0 Å². The van der Waals surface area contributed by atoms with Gasteiger partial charge in [0.25, 0.3) is 0 Å². The lowest BCUT2D eigenvalue weighted by atomic mass is 10.2. The average molecular weight is 180 g/mol. The van der Waals surface area contributed by atoms with Gasteiger partial charge in [-0.3, -0.25) is 0 Å². The molecule has 1 aliphatic rings. The summed E-state index contributed by atoms with van der Waals surface area (Å²) in [5, 5.41) is 12.8. The van der Waals surface area contributed by atoms with Gasteiger partial charge in [-0.15, -0.1) is 0 Å². The van der Waals surface area contributed by atoms with E-state index >= 15 is 0 Å². The van der Waals surface area contributed by atoms with Crippen molar-refractivity contribution in [3.8, 4) is 0 Å². The van der Waals surface area contributed by atoms with Crippen molar-refractivity contribution < 1.29 is 5.11 Å². The predicted octanol–water partition coefficient (Wildman–Crippen LogP) is 0.875. The Balaban J connectivity index is 1.63. The van der Waals surface area contributed by atoms with Gasteiger partial charge in [0.2, 0.25) is 0 Å². The largest absolute Gasteiger partial charge is 0.392 e. The smallest absolute Gasteiger partial charge is 0.0692 e. The average Bonchev–Trinajstić information content (AvgIpc) is 2.86. The van der Waals surface area contributed by atoms with E-state index in [-0.39, 0.29) is 6.10 Å². The first-order chi connectivity index (χ1) is 6.36. The highest BCUT2D eigenvalue weighted by molar-refractivity contribution is 5.07. The summed E-state index contributed by atoms with van der Waals surface area (Å²) >= 11 is 0. The second-order valence-corrected chi connectivity index (χ2v) is 3.75. The summed E-state index contributed by atoms with van der Waals surface area (Å²) in [7, 11) is 0. The summed E-state index contributed by atoms with van der Waals surface area (Å²) in [6.45, 7) is 1.56. The van der Waals surface area contributed by atoms with Crippen LogP contribution in [0.1, 0.15) is 18.4 Å². The van der Waals surface area contributed by atoms with Crippen LogP contribution in [0, 0.1) is 5.92 Å². The third-order valence-electron chi connectivity index (χ3n) is 2.51. The van der Waals surface area contributed by atoms with E-state index in [1.807, 2.05) is 18.5 Å². The third-order valence-corrected chi connectivity index (χ3v) is 2.51. The molecule has 1 aromatic heterocycles. The van der Waals surface area contributed by atoms with Gasteiger partial charge in [-0.2, -0.15) is 0 Å². The van der Waals surface area contributed by atoms with Crippen LogP contribution in [0.4, 0.5) is 0 Å². The predicted molar refractivity (Wildman–Crippen MR) is 51.2 cm³/mol. The van der Waals surface area contributed by atoms with E-state index in [1.165, 1.54) is 18.4 Å². The number of H-pyrrole nitrogens is 1. The van der Waals surface area contributed by atoms with E-state index in [2.05, 4.69) is 10.3 Å². The minimum atomic E-state index is -0.140. The van der Waals surface area contributed by atoms with Gasteiger partial charge in [-0.1, -0.05) is 0 Å². The molecule has 1 saturated carbocycles. The molecule has 1 aromatic rings. The van der Waals surface area contributed by atoms with Crippen LogP contribution in [-0.4, -0.2) is 22.7 Å². The zero-order valence-corrected chi connectivity index (χ0v) is 7.66. The molecule has 0 spiro atoms. The van der Waals surface area contributed by atoms with E-state index < -0.39 is 0 Å². The number of aliphatic hydroxyl groups is 1. The van der Waals surface area contributed by atoms with E-state index in [1.54, 1.807) is 0 Å². The first kappa shape index (κ1) is 8.78. The number of nitrogens with one attached hydrogen (secondary N) is 2. The maximum absolute atomic E-state index is 9.55. The van der Waals surface area contributed by atoms with Crippen molar-refractivity contribution in [1.29, 1.82) is 0 Å². The lowest BCUT2D eigenvalue weighted by Crippen LogP contribution is -2.27. The molecule has 13 heavy (non-hydrogen) atoms. The fraction of sp³-hybridized carbons (Fsp3) is 0.600. The summed E-state index contributed by atoms with van der Waals surface area (Å²) in [6, 6.07) is 2.04. The molecule has 72 valence electrons. The highest BCUT2D eigenvalue weighted by Crippen LogP contribution is 2.32. The Labute approximate surface area is 78.2 Å². The van der Waals surface area contributed by atoms with Crippen LogP contribution in [0.3, 0.4) is 0 Å². The number of aromatic nitrogens is 1. The van der Waals surface area contributed by atoms with Gasteiger partial charge in [0.1, 0.15) is 0 Å². The molecular formula is C10H16N2O.